The standard InChI is InChI=1S/C15H17N3O3/c1-9-7-13(14(10(2)17-9)15(16)18-19)21-12-6-4-5-11(8-12)20-3/h4-8,19H,1-3H3,(H2,16,18). The molecule has 6 nitrogen and oxygen atoms in total. The summed E-state index contributed by atoms with van der Waals surface area (Å²) in [6, 6.07) is 8.92. The van der Waals surface area contributed by atoms with Crippen molar-refractivity contribution < 1.29 is 14.7 Å². The summed E-state index contributed by atoms with van der Waals surface area (Å²) >= 11 is 0. The Morgan fingerprint density at radius 2 is 1.95 bits per heavy atom. The molecule has 0 amide bonds. The molecule has 1 aromatic heterocycles. The van der Waals surface area contributed by atoms with Gasteiger partial charge in [-0.15, -0.1) is 0 Å². The fraction of sp³-hybridized carbons (Fsp3) is 0.200. The van der Waals surface area contributed by atoms with Crippen LogP contribution in [-0.4, -0.2) is 23.1 Å². The van der Waals surface area contributed by atoms with E-state index in [2.05, 4.69) is 10.1 Å². The van der Waals surface area contributed by atoms with Gasteiger partial charge in [0.1, 0.15) is 17.2 Å². The smallest absolute Gasteiger partial charge is 0.175 e. The lowest BCUT2D eigenvalue weighted by Crippen LogP contribution is -2.17. The van der Waals surface area contributed by atoms with Crippen LogP contribution < -0.4 is 15.2 Å². The minimum atomic E-state index is -0.0436. The van der Waals surface area contributed by atoms with Crippen LogP contribution >= 0.6 is 0 Å². The maximum absolute atomic E-state index is 8.91. The predicted molar refractivity (Wildman–Crippen MR) is 79.3 cm³/mol. The first-order chi connectivity index (χ1) is 10.0. The minimum absolute atomic E-state index is 0.0436. The first kappa shape index (κ1) is 14.6. The Hall–Kier alpha value is -2.76. The number of aromatic nitrogens is 1. The van der Waals surface area contributed by atoms with Gasteiger partial charge in [-0.1, -0.05) is 11.2 Å². The molecule has 0 spiro atoms. The van der Waals surface area contributed by atoms with E-state index < -0.39 is 0 Å². The zero-order valence-electron chi connectivity index (χ0n) is 12.1. The van der Waals surface area contributed by atoms with Crippen molar-refractivity contribution in [3.05, 3.63) is 47.3 Å². The SMILES string of the molecule is COc1cccc(Oc2cc(C)nc(C)c2/C(N)=N/O)c1. The Morgan fingerprint density at radius 3 is 2.62 bits per heavy atom. The van der Waals surface area contributed by atoms with E-state index in [0.717, 1.165) is 5.69 Å². The van der Waals surface area contributed by atoms with Gasteiger partial charge >= 0.3 is 0 Å². The van der Waals surface area contributed by atoms with Crippen molar-refractivity contribution in [1.29, 1.82) is 0 Å². The summed E-state index contributed by atoms with van der Waals surface area (Å²) in [5, 5.41) is 11.9. The average molecular weight is 287 g/mol. The van der Waals surface area contributed by atoms with E-state index in [4.69, 9.17) is 20.4 Å². The second kappa shape index (κ2) is 6.13. The van der Waals surface area contributed by atoms with E-state index >= 15 is 0 Å². The second-order valence-corrected chi connectivity index (χ2v) is 4.49. The molecular formula is C15H17N3O3. The summed E-state index contributed by atoms with van der Waals surface area (Å²) in [5.74, 6) is 1.70. The summed E-state index contributed by atoms with van der Waals surface area (Å²) in [5.41, 5.74) is 7.58. The number of nitrogens with two attached hydrogens (primary N) is 1. The Labute approximate surface area is 122 Å². The topological polar surface area (TPSA) is 90.0 Å². The van der Waals surface area contributed by atoms with Crippen molar-refractivity contribution in [3.8, 4) is 17.2 Å². The number of oxime groups is 1. The molecule has 0 unspecified atom stereocenters. The average Bonchev–Trinajstić information content (AvgIpc) is 2.46. The number of ether oxygens (including phenoxy) is 2. The number of benzene rings is 1. The number of pyridine rings is 1. The molecule has 0 atom stereocenters. The van der Waals surface area contributed by atoms with Crippen LogP contribution in [0.25, 0.3) is 0 Å². The van der Waals surface area contributed by atoms with Crippen molar-refractivity contribution in [2.75, 3.05) is 7.11 Å². The first-order valence-corrected chi connectivity index (χ1v) is 6.33. The number of methoxy groups -OCH3 is 1. The molecule has 0 aliphatic heterocycles. The van der Waals surface area contributed by atoms with E-state index in [1.807, 2.05) is 19.1 Å². The van der Waals surface area contributed by atoms with Crippen LogP contribution in [-0.2, 0) is 0 Å². The molecule has 110 valence electrons. The summed E-state index contributed by atoms with van der Waals surface area (Å²) < 4.78 is 11.0. The van der Waals surface area contributed by atoms with E-state index in [0.29, 0.717) is 28.5 Å². The van der Waals surface area contributed by atoms with E-state index in [1.165, 1.54) is 0 Å². The number of amidine groups is 1. The van der Waals surface area contributed by atoms with Crippen molar-refractivity contribution in [3.63, 3.8) is 0 Å². The molecule has 1 heterocycles. The van der Waals surface area contributed by atoms with Crippen LogP contribution in [0.5, 0.6) is 17.2 Å². The lowest BCUT2D eigenvalue weighted by Gasteiger charge is -2.13. The van der Waals surface area contributed by atoms with Crippen LogP contribution in [0, 0.1) is 13.8 Å². The lowest BCUT2D eigenvalue weighted by atomic mass is 10.1. The monoisotopic (exact) mass is 287 g/mol. The molecule has 0 radical (unpaired) electrons. The molecule has 0 aliphatic rings. The highest BCUT2D eigenvalue weighted by Crippen LogP contribution is 2.29. The summed E-state index contributed by atoms with van der Waals surface area (Å²) in [4.78, 5) is 4.30. The fourth-order valence-corrected chi connectivity index (χ4v) is 2.03. The summed E-state index contributed by atoms with van der Waals surface area (Å²) in [6.45, 7) is 3.63. The van der Waals surface area contributed by atoms with Gasteiger partial charge < -0.3 is 20.4 Å². The van der Waals surface area contributed by atoms with Crippen LogP contribution in [0.3, 0.4) is 0 Å². The molecule has 1 aromatic carbocycles. The van der Waals surface area contributed by atoms with Crippen LogP contribution in [0.1, 0.15) is 17.0 Å². The third kappa shape index (κ3) is 3.22. The Bertz CT molecular complexity index is 684. The second-order valence-electron chi connectivity index (χ2n) is 4.49. The Balaban J connectivity index is 2.47. The largest absolute Gasteiger partial charge is 0.497 e. The van der Waals surface area contributed by atoms with Gasteiger partial charge in [0.05, 0.1) is 18.4 Å². The quantitative estimate of drug-likeness (QED) is 0.390. The normalized spacial score (nSPS) is 11.3. The maximum atomic E-state index is 8.91. The van der Waals surface area contributed by atoms with E-state index in [1.54, 1.807) is 32.2 Å². The van der Waals surface area contributed by atoms with Gasteiger partial charge in [0.25, 0.3) is 0 Å². The highest BCUT2D eigenvalue weighted by Gasteiger charge is 2.15. The zero-order valence-corrected chi connectivity index (χ0v) is 12.1. The molecule has 2 rings (SSSR count). The van der Waals surface area contributed by atoms with Gasteiger partial charge in [-0.25, -0.2) is 0 Å². The van der Waals surface area contributed by atoms with Crippen molar-refractivity contribution in [2.24, 2.45) is 10.9 Å². The highest BCUT2D eigenvalue weighted by molar-refractivity contribution is 6.00. The Kier molecular flexibility index (Phi) is 4.27. The lowest BCUT2D eigenvalue weighted by molar-refractivity contribution is 0.318. The van der Waals surface area contributed by atoms with Crippen molar-refractivity contribution in [1.82, 2.24) is 4.98 Å². The van der Waals surface area contributed by atoms with Crippen LogP contribution in [0.2, 0.25) is 0 Å². The van der Waals surface area contributed by atoms with Gasteiger partial charge in [-0.3, -0.25) is 4.98 Å². The third-order valence-corrected chi connectivity index (χ3v) is 2.93. The van der Waals surface area contributed by atoms with Crippen LogP contribution in [0.15, 0.2) is 35.5 Å². The minimum Gasteiger partial charge on any atom is -0.497 e. The third-order valence-electron chi connectivity index (χ3n) is 2.93. The molecule has 2 aromatic rings. The Morgan fingerprint density at radius 1 is 1.24 bits per heavy atom. The molecule has 3 N–H and O–H groups in total. The van der Waals surface area contributed by atoms with Gasteiger partial charge in [-0.05, 0) is 26.0 Å². The van der Waals surface area contributed by atoms with Crippen LogP contribution in [0.4, 0.5) is 0 Å². The predicted octanol–water partition coefficient (Wildman–Crippen LogP) is 2.59. The molecule has 0 saturated heterocycles. The molecular weight excluding hydrogens is 270 g/mol. The summed E-state index contributed by atoms with van der Waals surface area (Å²) in [7, 11) is 1.59. The van der Waals surface area contributed by atoms with Gasteiger partial charge in [-0.2, -0.15) is 0 Å². The fourth-order valence-electron chi connectivity index (χ4n) is 2.03. The number of aryl methyl sites for hydroxylation is 2. The van der Waals surface area contributed by atoms with E-state index in [9.17, 15) is 0 Å². The number of hydrogen-bond acceptors (Lipinski definition) is 5. The molecule has 0 saturated carbocycles. The van der Waals surface area contributed by atoms with Crippen molar-refractivity contribution in [2.45, 2.75) is 13.8 Å². The number of nitrogens with zero attached hydrogens (tertiary/aromatic N) is 2. The number of hydrogen-bond donors (Lipinski definition) is 2. The molecule has 0 bridgehead atoms. The van der Waals surface area contributed by atoms with Gasteiger partial charge in [0, 0.05) is 17.8 Å². The van der Waals surface area contributed by atoms with Gasteiger partial charge in [0.2, 0.25) is 0 Å². The molecule has 21 heavy (non-hydrogen) atoms. The molecule has 0 fully saturated rings. The van der Waals surface area contributed by atoms with Crippen molar-refractivity contribution >= 4 is 5.84 Å². The van der Waals surface area contributed by atoms with E-state index in [-0.39, 0.29) is 5.84 Å². The van der Waals surface area contributed by atoms with Gasteiger partial charge in [0.15, 0.2) is 5.84 Å². The first-order valence-electron chi connectivity index (χ1n) is 6.33. The maximum Gasteiger partial charge on any atom is 0.175 e. The molecule has 0 aliphatic carbocycles. The number of rotatable bonds is 4. The molecule has 6 heteroatoms. The highest BCUT2D eigenvalue weighted by atomic mass is 16.5. The zero-order chi connectivity index (χ0) is 15.4. The summed E-state index contributed by atoms with van der Waals surface area (Å²) in [6.07, 6.45) is 0.